The minimum atomic E-state index is 0.285. The van der Waals surface area contributed by atoms with E-state index in [1.807, 2.05) is 11.3 Å². The van der Waals surface area contributed by atoms with Gasteiger partial charge in [-0.3, -0.25) is 0 Å². The molecule has 0 saturated carbocycles. The van der Waals surface area contributed by atoms with Crippen LogP contribution in [0.3, 0.4) is 0 Å². The molecule has 1 unspecified atom stereocenters. The van der Waals surface area contributed by atoms with E-state index in [0.717, 1.165) is 26.1 Å². The number of hydrogen-bond acceptors (Lipinski definition) is 4. The van der Waals surface area contributed by atoms with E-state index in [2.05, 4.69) is 44.9 Å². The van der Waals surface area contributed by atoms with Gasteiger partial charge in [-0.15, -0.1) is 11.3 Å². The number of hydrogen-bond donors (Lipinski definition) is 1. The van der Waals surface area contributed by atoms with Crippen LogP contribution in [-0.2, 0) is 11.2 Å². The average Bonchev–Trinajstić information content (AvgIpc) is 2.61. The van der Waals surface area contributed by atoms with Crippen molar-refractivity contribution in [3.05, 3.63) is 15.6 Å². The monoisotopic (exact) mass is 284 g/mol. The molecule has 0 fully saturated rings. The van der Waals surface area contributed by atoms with Gasteiger partial charge in [0.2, 0.25) is 0 Å². The quantitative estimate of drug-likeness (QED) is 0.781. The Balaban J connectivity index is 2.59. The molecule has 0 saturated heterocycles. The van der Waals surface area contributed by atoms with Gasteiger partial charge >= 0.3 is 0 Å². The largest absolute Gasteiger partial charge is 0.383 e. The van der Waals surface area contributed by atoms with Crippen molar-refractivity contribution in [3.63, 3.8) is 0 Å². The molecular weight excluding hydrogens is 256 g/mol. The topological polar surface area (TPSA) is 34.1 Å². The molecule has 1 heterocycles. The molecule has 0 bridgehead atoms. The Bertz CT molecular complexity index is 362. The first-order valence-corrected chi connectivity index (χ1v) is 7.78. The molecule has 0 amide bonds. The van der Waals surface area contributed by atoms with Gasteiger partial charge in [0, 0.05) is 25.0 Å². The number of methoxy groups -OCH3 is 1. The van der Waals surface area contributed by atoms with Crippen molar-refractivity contribution < 1.29 is 4.74 Å². The first-order chi connectivity index (χ1) is 8.84. The van der Waals surface area contributed by atoms with Crippen LogP contribution in [0.5, 0.6) is 0 Å². The van der Waals surface area contributed by atoms with Crippen LogP contribution in [0.15, 0.2) is 0 Å². The van der Waals surface area contributed by atoms with Crippen LogP contribution in [-0.4, -0.2) is 31.8 Å². The molecule has 1 N–H and O–H groups in total. The lowest BCUT2D eigenvalue weighted by atomic mass is 9.79. The maximum Gasteiger partial charge on any atom is 0.0934 e. The zero-order valence-electron chi connectivity index (χ0n) is 13.2. The number of thiazole rings is 1. The van der Waals surface area contributed by atoms with Crippen LogP contribution in [0.1, 0.15) is 36.3 Å². The fourth-order valence-electron chi connectivity index (χ4n) is 1.97. The summed E-state index contributed by atoms with van der Waals surface area (Å²) in [4.78, 5) is 6.02. The zero-order valence-corrected chi connectivity index (χ0v) is 14.0. The molecule has 1 atom stereocenters. The summed E-state index contributed by atoms with van der Waals surface area (Å²) in [7, 11) is 1.74. The lowest BCUT2D eigenvalue weighted by Gasteiger charge is -2.30. The van der Waals surface area contributed by atoms with E-state index in [9.17, 15) is 0 Å². The Morgan fingerprint density at radius 2 is 2.00 bits per heavy atom. The van der Waals surface area contributed by atoms with Crippen LogP contribution in [0.4, 0.5) is 0 Å². The Labute approximate surface area is 121 Å². The highest BCUT2D eigenvalue weighted by molar-refractivity contribution is 7.11. The SMILES string of the molecule is COCCNCC(Cc1nc(C)c(C)s1)C(C)(C)C. The highest BCUT2D eigenvalue weighted by Gasteiger charge is 2.25. The summed E-state index contributed by atoms with van der Waals surface area (Å²) in [6.45, 7) is 13.9. The van der Waals surface area contributed by atoms with Gasteiger partial charge in [0.15, 0.2) is 0 Å². The van der Waals surface area contributed by atoms with Crippen molar-refractivity contribution in [3.8, 4) is 0 Å². The summed E-state index contributed by atoms with van der Waals surface area (Å²) < 4.78 is 5.07. The fourth-order valence-corrected chi connectivity index (χ4v) is 2.99. The van der Waals surface area contributed by atoms with Gasteiger partial charge in [-0.05, 0) is 31.7 Å². The van der Waals surface area contributed by atoms with Gasteiger partial charge < -0.3 is 10.1 Å². The molecule has 1 aromatic heterocycles. The number of rotatable bonds is 7. The molecule has 110 valence electrons. The number of nitrogens with one attached hydrogen (secondary N) is 1. The van der Waals surface area contributed by atoms with Gasteiger partial charge in [0.1, 0.15) is 0 Å². The molecule has 0 aromatic carbocycles. The third kappa shape index (κ3) is 5.59. The Hall–Kier alpha value is -0.450. The summed E-state index contributed by atoms with van der Waals surface area (Å²) in [6.07, 6.45) is 1.06. The van der Waals surface area contributed by atoms with Gasteiger partial charge in [-0.25, -0.2) is 4.98 Å². The number of aromatic nitrogens is 1. The average molecular weight is 284 g/mol. The standard InChI is InChI=1S/C15H28N2OS/c1-11-12(2)19-14(17-11)9-13(15(3,4)5)10-16-7-8-18-6/h13,16H,7-10H2,1-6H3. The molecule has 1 rings (SSSR count). The maximum atomic E-state index is 5.07. The molecule has 0 aliphatic rings. The van der Waals surface area contributed by atoms with Gasteiger partial charge in [0.25, 0.3) is 0 Å². The normalized spacial score (nSPS) is 13.8. The van der Waals surface area contributed by atoms with Crippen LogP contribution in [0.2, 0.25) is 0 Å². The molecular formula is C15H28N2OS. The molecule has 0 aliphatic carbocycles. The van der Waals surface area contributed by atoms with Crippen LogP contribution < -0.4 is 5.32 Å². The van der Waals surface area contributed by atoms with Crippen molar-refractivity contribution in [1.29, 1.82) is 0 Å². The molecule has 0 radical (unpaired) electrons. The smallest absolute Gasteiger partial charge is 0.0934 e. The Kier molecular flexibility index (Phi) is 6.43. The molecule has 3 nitrogen and oxygen atoms in total. The lowest BCUT2D eigenvalue weighted by molar-refractivity contribution is 0.186. The van der Waals surface area contributed by atoms with Crippen molar-refractivity contribution in [1.82, 2.24) is 10.3 Å². The molecule has 4 heteroatoms. The summed E-state index contributed by atoms with van der Waals surface area (Å²) in [5.41, 5.74) is 1.47. The van der Waals surface area contributed by atoms with E-state index >= 15 is 0 Å². The van der Waals surface area contributed by atoms with Crippen molar-refractivity contribution in [2.24, 2.45) is 11.3 Å². The van der Waals surface area contributed by atoms with E-state index in [1.165, 1.54) is 15.6 Å². The van der Waals surface area contributed by atoms with E-state index in [1.54, 1.807) is 7.11 Å². The second-order valence-corrected chi connectivity index (χ2v) is 7.50. The predicted octanol–water partition coefficient (Wildman–Crippen LogP) is 3.20. The van der Waals surface area contributed by atoms with Gasteiger partial charge in [-0.2, -0.15) is 0 Å². The summed E-state index contributed by atoms with van der Waals surface area (Å²) >= 11 is 1.84. The zero-order chi connectivity index (χ0) is 14.5. The summed E-state index contributed by atoms with van der Waals surface area (Å²) in [5.74, 6) is 0.592. The van der Waals surface area contributed by atoms with E-state index in [4.69, 9.17) is 4.74 Å². The number of aryl methyl sites for hydroxylation is 2. The van der Waals surface area contributed by atoms with Gasteiger partial charge in [0.05, 0.1) is 17.3 Å². The second-order valence-electron chi connectivity index (χ2n) is 6.21. The Morgan fingerprint density at radius 1 is 1.32 bits per heavy atom. The van der Waals surface area contributed by atoms with Crippen molar-refractivity contribution >= 4 is 11.3 Å². The third-order valence-corrected chi connectivity index (χ3v) is 4.69. The maximum absolute atomic E-state index is 5.07. The first-order valence-electron chi connectivity index (χ1n) is 6.97. The molecule has 0 spiro atoms. The van der Waals surface area contributed by atoms with Gasteiger partial charge in [-0.1, -0.05) is 20.8 Å². The third-order valence-electron chi connectivity index (χ3n) is 3.59. The first kappa shape index (κ1) is 16.6. The highest BCUT2D eigenvalue weighted by atomic mass is 32.1. The number of nitrogens with zero attached hydrogens (tertiary/aromatic N) is 1. The van der Waals surface area contributed by atoms with E-state index in [-0.39, 0.29) is 5.41 Å². The van der Waals surface area contributed by atoms with E-state index < -0.39 is 0 Å². The van der Waals surface area contributed by atoms with Crippen LogP contribution >= 0.6 is 11.3 Å². The summed E-state index contributed by atoms with van der Waals surface area (Å²) in [6, 6.07) is 0. The second kappa shape index (κ2) is 7.36. The predicted molar refractivity (Wildman–Crippen MR) is 83.0 cm³/mol. The highest BCUT2D eigenvalue weighted by Crippen LogP contribution is 2.30. The van der Waals surface area contributed by atoms with Crippen LogP contribution in [0, 0.1) is 25.2 Å². The number of ether oxygens (including phenoxy) is 1. The van der Waals surface area contributed by atoms with Crippen molar-refractivity contribution in [2.45, 2.75) is 41.0 Å². The fraction of sp³-hybridized carbons (Fsp3) is 0.800. The van der Waals surface area contributed by atoms with Crippen LogP contribution in [0.25, 0.3) is 0 Å². The minimum Gasteiger partial charge on any atom is -0.383 e. The molecule has 0 aliphatic heterocycles. The Morgan fingerprint density at radius 3 is 2.47 bits per heavy atom. The van der Waals surface area contributed by atoms with Crippen molar-refractivity contribution in [2.75, 3.05) is 26.8 Å². The molecule has 19 heavy (non-hydrogen) atoms. The minimum absolute atomic E-state index is 0.285. The lowest BCUT2D eigenvalue weighted by Crippen LogP contribution is -2.34. The summed E-state index contributed by atoms with van der Waals surface area (Å²) in [5, 5.41) is 4.75. The van der Waals surface area contributed by atoms with E-state index in [0.29, 0.717) is 5.92 Å². The molecule has 1 aromatic rings.